The van der Waals surface area contributed by atoms with Crippen molar-refractivity contribution < 1.29 is 0 Å². The largest absolute Gasteiger partial charge is 0.382 e. The van der Waals surface area contributed by atoms with E-state index in [1.807, 2.05) is 30.5 Å². The Balaban J connectivity index is 1.47. The van der Waals surface area contributed by atoms with Crippen molar-refractivity contribution >= 4 is 39.6 Å². The lowest BCUT2D eigenvalue weighted by atomic mass is 9.93. The van der Waals surface area contributed by atoms with Crippen LogP contribution in [-0.4, -0.2) is 31.2 Å². The fourth-order valence-electron chi connectivity index (χ4n) is 3.03. The van der Waals surface area contributed by atoms with Gasteiger partial charge in [0, 0.05) is 42.1 Å². The summed E-state index contributed by atoms with van der Waals surface area (Å²) in [6.07, 6.45) is 8.87. The molecule has 133 valence electrons. The molecule has 1 aliphatic carbocycles. The molecule has 0 spiro atoms. The summed E-state index contributed by atoms with van der Waals surface area (Å²) >= 11 is 1.39. The van der Waals surface area contributed by atoms with Crippen LogP contribution in [0.1, 0.15) is 19.3 Å². The number of hydrogen-bond donors (Lipinski definition) is 2. The van der Waals surface area contributed by atoms with Gasteiger partial charge in [-0.3, -0.25) is 9.97 Å². The number of benzene rings is 1. The van der Waals surface area contributed by atoms with Gasteiger partial charge in [-0.25, -0.2) is 4.98 Å². The van der Waals surface area contributed by atoms with Gasteiger partial charge in [-0.1, -0.05) is 11.3 Å². The molecule has 2 N–H and O–H groups in total. The van der Waals surface area contributed by atoms with Crippen molar-refractivity contribution in [3.8, 4) is 10.6 Å². The number of rotatable bonds is 5. The zero-order chi connectivity index (χ0) is 18.1. The lowest BCUT2D eigenvalue weighted by Gasteiger charge is -2.28. The first-order valence-corrected chi connectivity index (χ1v) is 9.61. The highest BCUT2D eigenvalue weighted by atomic mass is 32.1. The normalized spacial score (nSPS) is 14.1. The molecular weight excluding hydrogens is 358 g/mol. The Morgan fingerprint density at radius 3 is 2.70 bits per heavy atom. The van der Waals surface area contributed by atoms with Crippen molar-refractivity contribution in [2.75, 3.05) is 10.6 Å². The highest BCUT2D eigenvalue weighted by molar-refractivity contribution is 7.12. The molecule has 1 aliphatic rings. The van der Waals surface area contributed by atoms with Crippen LogP contribution in [0.5, 0.6) is 0 Å². The summed E-state index contributed by atoms with van der Waals surface area (Å²) in [7, 11) is 0. The van der Waals surface area contributed by atoms with Crippen molar-refractivity contribution in [2.24, 2.45) is 0 Å². The SMILES string of the molecule is [c]1nnc(-c2cnc(Nc3ccc4nccnc4c3)cc2NC2CCC2)s1. The second-order valence-corrected chi connectivity index (χ2v) is 7.24. The summed E-state index contributed by atoms with van der Waals surface area (Å²) in [5, 5.41) is 15.8. The number of anilines is 3. The minimum Gasteiger partial charge on any atom is -0.382 e. The van der Waals surface area contributed by atoms with Crippen LogP contribution in [0.4, 0.5) is 17.2 Å². The Hall–Kier alpha value is -3.13. The topological polar surface area (TPSA) is 88.5 Å². The third-order valence-electron chi connectivity index (χ3n) is 4.66. The molecule has 5 rings (SSSR count). The number of pyridine rings is 1. The number of aromatic nitrogens is 5. The fourth-order valence-corrected chi connectivity index (χ4v) is 3.56. The van der Waals surface area contributed by atoms with Crippen molar-refractivity contribution in [1.82, 2.24) is 25.1 Å². The van der Waals surface area contributed by atoms with E-state index in [-0.39, 0.29) is 0 Å². The third-order valence-corrected chi connectivity index (χ3v) is 5.33. The summed E-state index contributed by atoms with van der Waals surface area (Å²) in [6, 6.07) is 8.42. The molecule has 7 nitrogen and oxygen atoms in total. The van der Waals surface area contributed by atoms with Crippen molar-refractivity contribution in [3.63, 3.8) is 0 Å². The molecule has 0 aliphatic heterocycles. The standard InChI is InChI=1S/C19H16N7S/c1-2-12(3-1)24-16-9-18(22-10-14(16)19-26-23-11-27-19)25-13-4-5-15-17(8-13)21-7-6-20-15/h4-10,12H,1-3H2,(H2,22,24,25). The maximum Gasteiger partial charge on any atom is 0.178 e. The number of nitrogens with zero attached hydrogens (tertiary/aromatic N) is 5. The predicted molar refractivity (Wildman–Crippen MR) is 106 cm³/mol. The monoisotopic (exact) mass is 374 g/mol. The Bertz CT molecular complexity index is 1080. The first-order valence-electron chi connectivity index (χ1n) is 8.79. The van der Waals surface area contributed by atoms with Crippen LogP contribution in [0, 0.1) is 5.51 Å². The molecule has 0 saturated heterocycles. The van der Waals surface area contributed by atoms with E-state index in [2.05, 4.69) is 41.3 Å². The van der Waals surface area contributed by atoms with Gasteiger partial charge in [0.1, 0.15) is 5.82 Å². The van der Waals surface area contributed by atoms with E-state index in [1.54, 1.807) is 12.4 Å². The van der Waals surface area contributed by atoms with Gasteiger partial charge in [0.15, 0.2) is 10.5 Å². The Morgan fingerprint density at radius 2 is 1.93 bits per heavy atom. The minimum atomic E-state index is 0.506. The van der Waals surface area contributed by atoms with Gasteiger partial charge >= 0.3 is 0 Å². The molecule has 4 aromatic rings. The lowest BCUT2D eigenvalue weighted by Crippen LogP contribution is -2.27. The zero-order valence-electron chi connectivity index (χ0n) is 14.4. The van der Waals surface area contributed by atoms with E-state index in [4.69, 9.17) is 0 Å². The van der Waals surface area contributed by atoms with Crippen molar-refractivity contribution in [1.29, 1.82) is 0 Å². The molecular formula is C19H16N7S. The lowest BCUT2D eigenvalue weighted by molar-refractivity contribution is 0.445. The second kappa shape index (κ2) is 6.88. The van der Waals surface area contributed by atoms with E-state index in [9.17, 15) is 0 Å². The molecule has 0 unspecified atom stereocenters. The molecule has 8 heteroatoms. The number of hydrogen-bond acceptors (Lipinski definition) is 8. The third kappa shape index (κ3) is 3.31. The average molecular weight is 374 g/mol. The molecule has 1 saturated carbocycles. The van der Waals surface area contributed by atoms with E-state index in [0.717, 1.165) is 38.8 Å². The number of fused-ring (bicyclic) bond motifs is 1. The quantitative estimate of drug-likeness (QED) is 0.545. The summed E-state index contributed by atoms with van der Waals surface area (Å²) in [6.45, 7) is 0. The Kier molecular flexibility index (Phi) is 4.10. The van der Waals surface area contributed by atoms with Crippen LogP contribution in [0.25, 0.3) is 21.6 Å². The summed E-state index contributed by atoms with van der Waals surface area (Å²) in [5.74, 6) is 0.761. The average Bonchev–Trinajstić information content (AvgIpc) is 3.19. The molecule has 3 heterocycles. The van der Waals surface area contributed by atoms with Crippen LogP contribution in [0.2, 0.25) is 0 Å². The Morgan fingerprint density at radius 1 is 1.04 bits per heavy atom. The highest BCUT2D eigenvalue weighted by Gasteiger charge is 2.20. The van der Waals surface area contributed by atoms with Crippen LogP contribution in [-0.2, 0) is 0 Å². The van der Waals surface area contributed by atoms with E-state index >= 15 is 0 Å². The first-order chi connectivity index (χ1) is 13.3. The van der Waals surface area contributed by atoms with Crippen molar-refractivity contribution in [3.05, 3.63) is 48.4 Å². The maximum atomic E-state index is 4.56. The molecule has 0 atom stereocenters. The van der Waals surface area contributed by atoms with Gasteiger partial charge < -0.3 is 10.6 Å². The zero-order valence-corrected chi connectivity index (χ0v) is 15.2. The molecule has 0 amide bonds. The second-order valence-electron chi connectivity index (χ2n) is 6.47. The number of nitrogens with one attached hydrogen (secondary N) is 2. The summed E-state index contributed by atoms with van der Waals surface area (Å²) < 4.78 is 0. The molecule has 1 aromatic carbocycles. The van der Waals surface area contributed by atoms with Crippen molar-refractivity contribution in [2.45, 2.75) is 25.3 Å². The van der Waals surface area contributed by atoms with Gasteiger partial charge in [-0.15, -0.1) is 10.2 Å². The van der Waals surface area contributed by atoms with Crippen LogP contribution in [0.15, 0.2) is 42.9 Å². The van der Waals surface area contributed by atoms with Gasteiger partial charge in [-0.2, -0.15) is 0 Å². The predicted octanol–water partition coefficient (Wildman–Crippen LogP) is 4.05. The maximum absolute atomic E-state index is 4.56. The van der Waals surface area contributed by atoms with Gasteiger partial charge in [-0.05, 0) is 37.5 Å². The van der Waals surface area contributed by atoms with Crippen LogP contribution >= 0.6 is 11.3 Å². The van der Waals surface area contributed by atoms with Crippen LogP contribution < -0.4 is 10.6 Å². The Labute approximate surface area is 159 Å². The van der Waals surface area contributed by atoms with E-state index in [0.29, 0.717) is 6.04 Å². The summed E-state index contributed by atoms with van der Waals surface area (Å²) in [4.78, 5) is 13.2. The molecule has 27 heavy (non-hydrogen) atoms. The smallest absolute Gasteiger partial charge is 0.178 e. The first kappa shape index (κ1) is 16.1. The molecule has 1 radical (unpaired) electrons. The highest BCUT2D eigenvalue weighted by Crippen LogP contribution is 2.33. The molecule has 1 fully saturated rings. The molecule has 0 bridgehead atoms. The van der Waals surface area contributed by atoms with Crippen LogP contribution in [0.3, 0.4) is 0 Å². The van der Waals surface area contributed by atoms with Gasteiger partial charge in [0.2, 0.25) is 0 Å². The van der Waals surface area contributed by atoms with E-state index in [1.165, 1.54) is 30.6 Å². The van der Waals surface area contributed by atoms with Gasteiger partial charge in [0.25, 0.3) is 0 Å². The summed E-state index contributed by atoms with van der Waals surface area (Å²) in [5.41, 5.74) is 7.40. The minimum absolute atomic E-state index is 0.506. The van der Waals surface area contributed by atoms with Gasteiger partial charge in [0.05, 0.1) is 16.6 Å². The fraction of sp³-hybridized carbons (Fsp3) is 0.211. The molecule has 3 aromatic heterocycles. The van der Waals surface area contributed by atoms with E-state index < -0.39 is 0 Å².